The van der Waals surface area contributed by atoms with Crippen molar-refractivity contribution in [1.82, 2.24) is 10.6 Å². The molecule has 2 bridgehead atoms. The lowest BCUT2D eigenvalue weighted by molar-refractivity contribution is -0.199. The van der Waals surface area contributed by atoms with Crippen LogP contribution >= 0.6 is 0 Å². The fourth-order valence-electron chi connectivity index (χ4n) is 7.85. The molecule has 1 aliphatic heterocycles. The Balaban J connectivity index is 1.51. The quantitative estimate of drug-likeness (QED) is 0.225. The molecule has 0 spiro atoms. The molecule has 284 valence electrons. The summed E-state index contributed by atoms with van der Waals surface area (Å²) < 4.78 is 54.3. The number of hydrogen-bond acceptors (Lipinski definition) is 10. The van der Waals surface area contributed by atoms with Crippen molar-refractivity contribution >= 4 is 35.1 Å². The SMILES string of the molecule is COc1c(C[C@H](NC(=O)C(NC(=O)OC(C)(C)C)c2ccc(S(N)(=O)=O)cc2)B2O[C@@H]3C[C@@H]4C[C@@H](C4(C)C)[C@]3(C)O2)cccc1C(=O)OC(C)(C)C. The molecule has 1 heterocycles. The molecular weight excluding hydrogens is 689 g/mol. The number of nitrogens with two attached hydrogens (primary N) is 1. The van der Waals surface area contributed by atoms with Gasteiger partial charge in [0.05, 0.1) is 29.7 Å². The standard InChI is InChI=1S/C37H52BN3O10S/c1-34(2,3)48-32(43)25-13-11-12-22(30(25)47-10)18-28(38-50-27-20-23-19-26(36(23,7)8)37(27,9)51-38)40-31(42)29(41-33(44)49-35(4,5)6)21-14-16-24(17-15-21)52(39,45)46/h11-17,23,26-29H,18-20H2,1-10H3,(H,40,42)(H,41,44)(H2,39,45,46)/t23-,26-,27+,28-,29?,37-/m0/s1. The molecular formula is C37H52BN3O10S. The molecule has 2 aromatic carbocycles. The first-order valence-electron chi connectivity index (χ1n) is 17.6. The second-order valence-electron chi connectivity index (χ2n) is 16.8. The molecule has 0 radical (unpaired) electrons. The number of sulfonamides is 1. The third kappa shape index (κ3) is 8.27. The number of esters is 1. The van der Waals surface area contributed by atoms with Crippen molar-refractivity contribution < 1.29 is 46.3 Å². The molecule has 3 saturated carbocycles. The van der Waals surface area contributed by atoms with Gasteiger partial charge >= 0.3 is 19.2 Å². The predicted molar refractivity (Wildman–Crippen MR) is 194 cm³/mol. The van der Waals surface area contributed by atoms with Gasteiger partial charge in [0.1, 0.15) is 28.6 Å². The Kier molecular flexibility index (Phi) is 10.6. The summed E-state index contributed by atoms with van der Waals surface area (Å²) in [5.74, 6) is -1.04. The van der Waals surface area contributed by atoms with Gasteiger partial charge in [-0.25, -0.2) is 23.1 Å². The number of alkyl carbamates (subject to hydrolysis) is 1. The molecule has 6 rings (SSSR count). The fourth-order valence-corrected chi connectivity index (χ4v) is 8.36. The lowest BCUT2D eigenvalue weighted by Crippen LogP contribution is -2.65. The Morgan fingerprint density at radius 1 is 0.962 bits per heavy atom. The largest absolute Gasteiger partial charge is 0.496 e. The lowest BCUT2D eigenvalue weighted by atomic mass is 9.43. The average molecular weight is 742 g/mol. The number of ether oxygens (including phenoxy) is 3. The van der Waals surface area contributed by atoms with Crippen LogP contribution in [0.4, 0.5) is 4.79 Å². The van der Waals surface area contributed by atoms with Gasteiger partial charge in [-0.15, -0.1) is 0 Å². The Bertz CT molecular complexity index is 1800. The van der Waals surface area contributed by atoms with Gasteiger partial charge in [-0.1, -0.05) is 38.1 Å². The summed E-state index contributed by atoms with van der Waals surface area (Å²) in [6.07, 6.45) is 0.883. The number of primary sulfonamides is 1. The van der Waals surface area contributed by atoms with Crippen molar-refractivity contribution in [2.45, 2.75) is 121 Å². The zero-order chi connectivity index (χ0) is 38.6. The van der Waals surface area contributed by atoms with E-state index in [1.807, 2.05) is 0 Å². The zero-order valence-electron chi connectivity index (χ0n) is 31.7. The van der Waals surface area contributed by atoms with Crippen LogP contribution in [0.2, 0.25) is 0 Å². The summed E-state index contributed by atoms with van der Waals surface area (Å²) in [7, 11) is -3.47. The third-order valence-corrected chi connectivity index (χ3v) is 11.4. The summed E-state index contributed by atoms with van der Waals surface area (Å²) in [5.41, 5.74) is -1.08. The first-order chi connectivity index (χ1) is 23.9. The van der Waals surface area contributed by atoms with Crippen LogP contribution in [0.25, 0.3) is 0 Å². The van der Waals surface area contributed by atoms with Crippen LogP contribution in [0.3, 0.4) is 0 Å². The van der Waals surface area contributed by atoms with Crippen LogP contribution in [-0.2, 0) is 40.0 Å². The van der Waals surface area contributed by atoms with Crippen LogP contribution in [0, 0.1) is 17.3 Å². The van der Waals surface area contributed by atoms with Gasteiger partial charge in [0.15, 0.2) is 0 Å². The maximum absolute atomic E-state index is 14.4. The summed E-state index contributed by atoms with van der Waals surface area (Å²) >= 11 is 0. The number of nitrogens with one attached hydrogen (secondary N) is 2. The summed E-state index contributed by atoms with van der Waals surface area (Å²) in [4.78, 5) is 40.5. The predicted octanol–water partition coefficient (Wildman–Crippen LogP) is 4.86. The van der Waals surface area contributed by atoms with Crippen LogP contribution in [0.15, 0.2) is 47.4 Å². The van der Waals surface area contributed by atoms with E-state index in [0.29, 0.717) is 11.5 Å². The van der Waals surface area contributed by atoms with Crippen molar-refractivity contribution in [3.8, 4) is 5.75 Å². The van der Waals surface area contributed by atoms with Crippen molar-refractivity contribution in [2.75, 3.05) is 7.11 Å². The summed E-state index contributed by atoms with van der Waals surface area (Å²) in [6.45, 7) is 17.0. The number of rotatable bonds is 10. The molecule has 13 nitrogen and oxygen atoms in total. The highest BCUT2D eigenvalue weighted by atomic mass is 32.2. The minimum Gasteiger partial charge on any atom is -0.496 e. The number of hydrogen-bond donors (Lipinski definition) is 3. The number of methoxy groups -OCH3 is 1. The minimum absolute atomic E-state index is 0.0683. The number of carbonyl (C=O) groups excluding carboxylic acids is 3. The van der Waals surface area contributed by atoms with Gasteiger partial charge in [-0.3, -0.25) is 4.79 Å². The van der Waals surface area contributed by atoms with Gasteiger partial charge in [-0.2, -0.15) is 0 Å². The van der Waals surface area contributed by atoms with Crippen LogP contribution in [0.5, 0.6) is 5.75 Å². The molecule has 4 N–H and O–H groups in total. The topological polar surface area (TPSA) is 182 Å². The van der Waals surface area contributed by atoms with E-state index in [4.69, 9.17) is 28.7 Å². The van der Waals surface area contributed by atoms with E-state index >= 15 is 0 Å². The van der Waals surface area contributed by atoms with Gasteiger partial charge in [0, 0.05) is 0 Å². The van der Waals surface area contributed by atoms with Crippen molar-refractivity contribution in [3.05, 3.63) is 59.2 Å². The third-order valence-electron chi connectivity index (χ3n) is 10.4. The van der Waals surface area contributed by atoms with E-state index in [2.05, 4.69) is 31.4 Å². The van der Waals surface area contributed by atoms with E-state index in [0.717, 1.165) is 12.8 Å². The van der Waals surface area contributed by atoms with Crippen LogP contribution in [0.1, 0.15) is 103 Å². The smallest absolute Gasteiger partial charge is 0.482 e. The number of amides is 2. The Morgan fingerprint density at radius 3 is 2.15 bits per heavy atom. The second kappa shape index (κ2) is 14.0. The number of para-hydroxylation sites is 1. The van der Waals surface area contributed by atoms with E-state index in [1.165, 1.54) is 31.4 Å². The maximum atomic E-state index is 14.4. The number of carbonyl (C=O) groups is 3. The fraction of sp³-hybridized carbons (Fsp3) is 0.595. The van der Waals surface area contributed by atoms with Crippen LogP contribution in [-0.4, -0.2) is 69.5 Å². The lowest BCUT2D eigenvalue weighted by Gasteiger charge is -2.64. The van der Waals surface area contributed by atoms with E-state index < -0.39 is 63.9 Å². The normalized spacial score (nSPS) is 24.8. The first-order valence-corrected chi connectivity index (χ1v) is 19.1. The highest BCUT2D eigenvalue weighted by Crippen LogP contribution is 2.65. The first kappa shape index (κ1) is 39.6. The van der Waals surface area contributed by atoms with Crippen LogP contribution < -0.4 is 20.5 Å². The summed E-state index contributed by atoms with van der Waals surface area (Å²) in [5, 5.41) is 11.0. The molecule has 1 unspecified atom stereocenters. The maximum Gasteiger partial charge on any atom is 0.482 e. The van der Waals surface area contributed by atoms with Gasteiger partial charge < -0.3 is 34.2 Å². The Morgan fingerprint density at radius 2 is 1.60 bits per heavy atom. The zero-order valence-corrected chi connectivity index (χ0v) is 32.5. The second-order valence-corrected chi connectivity index (χ2v) is 18.4. The average Bonchev–Trinajstić information content (AvgIpc) is 3.38. The molecule has 0 aromatic heterocycles. The Labute approximate surface area is 307 Å². The molecule has 1 saturated heterocycles. The monoisotopic (exact) mass is 741 g/mol. The highest BCUT2D eigenvalue weighted by Gasteiger charge is 2.68. The van der Waals surface area contributed by atoms with Gasteiger partial charge in [0.25, 0.3) is 0 Å². The van der Waals surface area contributed by atoms with Gasteiger partial charge in [0.2, 0.25) is 15.9 Å². The van der Waals surface area contributed by atoms with Crippen molar-refractivity contribution in [2.24, 2.45) is 22.4 Å². The Hall–Kier alpha value is -3.66. The molecule has 2 aromatic rings. The van der Waals surface area contributed by atoms with E-state index in [9.17, 15) is 22.8 Å². The molecule has 52 heavy (non-hydrogen) atoms. The molecule has 2 amide bonds. The molecule has 6 atom stereocenters. The molecule has 4 fully saturated rings. The van der Waals surface area contributed by atoms with E-state index in [-0.39, 0.29) is 45.6 Å². The van der Waals surface area contributed by atoms with Gasteiger partial charge in [-0.05, 0) is 114 Å². The van der Waals surface area contributed by atoms with Crippen molar-refractivity contribution in [1.29, 1.82) is 0 Å². The molecule has 15 heteroatoms. The molecule has 3 aliphatic carbocycles. The molecule has 4 aliphatic rings. The number of benzene rings is 2. The van der Waals surface area contributed by atoms with E-state index in [1.54, 1.807) is 59.7 Å². The minimum atomic E-state index is -4.02. The summed E-state index contributed by atoms with van der Waals surface area (Å²) in [6, 6.07) is 9.11. The highest BCUT2D eigenvalue weighted by molar-refractivity contribution is 7.89. The van der Waals surface area contributed by atoms with Crippen molar-refractivity contribution in [3.63, 3.8) is 0 Å².